The van der Waals surface area contributed by atoms with Gasteiger partial charge in [0, 0.05) is 17.3 Å². The Morgan fingerprint density at radius 1 is 1.13 bits per heavy atom. The lowest BCUT2D eigenvalue weighted by molar-refractivity contribution is -0.139. The molecule has 3 aromatic carbocycles. The third-order valence-electron chi connectivity index (χ3n) is 6.43. The molecule has 1 unspecified atom stereocenters. The minimum atomic E-state index is -4.61. The third-order valence-corrected chi connectivity index (χ3v) is 6.43. The molecule has 4 aromatic rings. The van der Waals surface area contributed by atoms with Gasteiger partial charge in [-0.15, -0.1) is 6.58 Å². The van der Waals surface area contributed by atoms with Gasteiger partial charge in [0.1, 0.15) is 17.6 Å². The Morgan fingerprint density at radius 2 is 1.87 bits per heavy atom. The van der Waals surface area contributed by atoms with Crippen LogP contribution in [0, 0.1) is 11.3 Å². The fraction of sp³-hybridized carbons (Fsp3) is 0.233. The topological polar surface area (TPSA) is 56.4 Å². The highest BCUT2D eigenvalue weighted by Gasteiger charge is 2.35. The maximum atomic E-state index is 13.1. The minimum absolute atomic E-state index is 0.147. The number of hydrogen-bond acceptors (Lipinski definition) is 4. The van der Waals surface area contributed by atoms with Crippen molar-refractivity contribution in [2.24, 2.45) is 0 Å². The van der Waals surface area contributed by atoms with Crippen LogP contribution in [-0.4, -0.2) is 17.0 Å². The van der Waals surface area contributed by atoms with Gasteiger partial charge in [0.15, 0.2) is 5.79 Å². The van der Waals surface area contributed by atoms with Gasteiger partial charge in [-0.25, -0.2) is 0 Å². The SMILES string of the molecule is C=CCc1cn(-c2ccc(Oc3ccc(C(F)(F)F)c(C#N)c3)cc2)c2cccc(C3COC(C)(C)O3)c12. The summed E-state index contributed by atoms with van der Waals surface area (Å²) in [6, 6.07) is 18.0. The molecule has 1 atom stereocenters. The van der Waals surface area contributed by atoms with E-state index >= 15 is 0 Å². The van der Waals surface area contributed by atoms with E-state index in [9.17, 15) is 13.2 Å². The van der Waals surface area contributed by atoms with E-state index in [1.54, 1.807) is 18.2 Å². The molecule has 0 saturated carbocycles. The maximum absolute atomic E-state index is 13.1. The number of ether oxygens (including phenoxy) is 3. The molecule has 194 valence electrons. The van der Waals surface area contributed by atoms with Crippen molar-refractivity contribution in [3.8, 4) is 23.3 Å². The number of benzene rings is 3. The summed E-state index contributed by atoms with van der Waals surface area (Å²) >= 11 is 0. The summed E-state index contributed by atoms with van der Waals surface area (Å²) in [6.45, 7) is 8.18. The van der Waals surface area contributed by atoms with Crippen molar-refractivity contribution in [3.63, 3.8) is 0 Å². The fourth-order valence-electron chi connectivity index (χ4n) is 4.77. The molecule has 0 amide bonds. The maximum Gasteiger partial charge on any atom is 0.417 e. The average molecular weight is 519 g/mol. The molecule has 0 radical (unpaired) electrons. The fourth-order valence-corrected chi connectivity index (χ4v) is 4.77. The number of rotatable bonds is 6. The molecule has 38 heavy (non-hydrogen) atoms. The van der Waals surface area contributed by atoms with Crippen LogP contribution in [0.3, 0.4) is 0 Å². The predicted octanol–water partition coefficient (Wildman–Crippen LogP) is 7.87. The van der Waals surface area contributed by atoms with E-state index in [2.05, 4.69) is 23.4 Å². The molecular weight excluding hydrogens is 493 g/mol. The number of aromatic nitrogens is 1. The number of nitrogens with zero attached hydrogens (tertiary/aromatic N) is 2. The van der Waals surface area contributed by atoms with Crippen LogP contribution in [0.5, 0.6) is 11.5 Å². The van der Waals surface area contributed by atoms with Gasteiger partial charge < -0.3 is 18.8 Å². The Hall–Kier alpha value is -4.06. The first kappa shape index (κ1) is 25.6. The van der Waals surface area contributed by atoms with Gasteiger partial charge in [-0.3, -0.25) is 0 Å². The molecule has 5 nitrogen and oxygen atoms in total. The van der Waals surface area contributed by atoms with E-state index in [1.165, 1.54) is 6.07 Å². The average Bonchev–Trinajstić information content (AvgIpc) is 3.44. The van der Waals surface area contributed by atoms with Gasteiger partial charge in [-0.1, -0.05) is 18.2 Å². The van der Waals surface area contributed by atoms with Crippen LogP contribution in [0.4, 0.5) is 13.2 Å². The molecule has 0 spiro atoms. The van der Waals surface area contributed by atoms with Gasteiger partial charge in [0.05, 0.1) is 29.3 Å². The zero-order valence-corrected chi connectivity index (χ0v) is 20.9. The summed E-state index contributed by atoms with van der Waals surface area (Å²) in [5.41, 5.74) is 2.56. The van der Waals surface area contributed by atoms with Gasteiger partial charge >= 0.3 is 6.18 Å². The standard InChI is InChI=1S/C30H25F3N2O3/c1-4-6-19-17-35(26-8-5-7-24(28(19)26)27-18-36-29(2,3)38-27)21-9-11-22(12-10-21)37-23-13-14-25(30(31,32)33)20(15-23)16-34/h4-5,7-15,17,27H,1,6,18H2,2-3H3. The highest BCUT2D eigenvalue weighted by atomic mass is 19.4. The molecule has 0 N–H and O–H groups in total. The van der Waals surface area contributed by atoms with E-state index in [0.29, 0.717) is 18.8 Å². The second-order valence-electron chi connectivity index (χ2n) is 9.49. The Labute approximate surface area is 218 Å². The third kappa shape index (κ3) is 4.91. The van der Waals surface area contributed by atoms with Crippen LogP contribution < -0.4 is 4.74 Å². The normalized spacial score (nSPS) is 16.9. The lowest BCUT2D eigenvalue weighted by Crippen LogP contribution is -2.19. The molecule has 0 bridgehead atoms. The van der Waals surface area contributed by atoms with Gasteiger partial charge in [-0.2, -0.15) is 18.4 Å². The lowest BCUT2D eigenvalue weighted by atomic mass is 10.0. The number of allylic oxidation sites excluding steroid dienone is 1. The minimum Gasteiger partial charge on any atom is -0.457 e. The molecule has 2 heterocycles. The summed E-state index contributed by atoms with van der Waals surface area (Å²) in [4.78, 5) is 0. The Morgan fingerprint density at radius 3 is 2.50 bits per heavy atom. The molecule has 8 heteroatoms. The van der Waals surface area contributed by atoms with Gasteiger partial charge in [0.25, 0.3) is 0 Å². The van der Waals surface area contributed by atoms with Crippen molar-refractivity contribution >= 4 is 10.9 Å². The summed E-state index contributed by atoms with van der Waals surface area (Å²) in [6.07, 6.45) is -0.189. The van der Waals surface area contributed by atoms with Crippen LogP contribution >= 0.6 is 0 Å². The van der Waals surface area contributed by atoms with Crippen LogP contribution in [0.1, 0.15) is 42.2 Å². The molecule has 1 aliphatic rings. The van der Waals surface area contributed by atoms with Crippen LogP contribution in [-0.2, 0) is 22.1 Å². The van der Waals surface area contributed by atoms with Crippen molar-refractivity contribution in [3.05, 3.63) is 102 Å². The van der Waals surface area contributed by atoms with Crippen LogP contribution in [0.15, 0.2) is 79.5 Å². The largest absolute Gasteiger partial charge is 0.457 e. The first-order valence-corrected chi connectivity index (χ1v) is 12.0. The first-order chi connectivity index (χ1) is 18.1. The van der Waals surface area contributed by atoms with Crippen LogP contribution in [0.2, 0.25) is 0 Å². The van der Waals surface area contributed by atoms with Crippen molar-refractivity contribution in [1.29, 1.82) is 5.26 Å². The molecule has 1 aromatic heterocycles. The first-order valence-electron chi connectivity index (χ1n) is 12.0. The van der Waals surface area contributed by atoms with E-state index in [0.717, 1.165) is 39.8 Å². The quantitative estimate of drug-likeness (QED) is 0.244. The van der Waals surface area contributed by atoms with Gasteiger partial charge in [-0.05, 0) is 79.9 Å². The zero-order valence-electron chi connectivity index (χ0n) is 20.9. The zero-order chi connectivity index (χ0) is 27.1. The second-order valence-corrected chi connectivity index (χ2v) is 9.49. The second kappa shape index (κ2) is 9.67. The Bertz CT molecular complexity index is 1550. The Balaban J connectivity index is 1.47. The molecule has 1 fully saturated rings. The highest BCUT2D eigenvalue weighted by molar-refractivity contribution is 5.89. The molecular formula is C30H25F3N2O3. The molecule has 1 saturated heterocycles. The number of nitriles is 1. The number of fused-ring (bicyclic) bond motifs is 1. The summed E-state index contributed by atoms with van der Waals surface area (Å²) in [7, 11) is 0. The van der Waals surface area contributed by atoms with E-state index in [4.69, 9.17) is 19.5 Å². The summed E-state index contributed by atoms with van der Waals surface area (Å²) in [5, 5.41) is 10.2. The van der Waals surface area contributed by atoms with E-state index < -0.39 is 23.1 Å². The monoisotopic (exact) mass is 518 g/mol. The van der Waals surface area contributed by atoms with Crippen molar-refractivity contribution < 1.29 is 27.4 Å². The van der Waals surface area contributed by atoms with Gasteiger partial charge in [0.2, 0.25) is 0 Å². The Kier molecular flexibility index (Phi) is 6.51. The van der Waals surface area contributed by atoms with Crippen molar-refractivity contribution in [2.75, 3.05) is 6.61 Å². The summed E-state index contributed by atoms with van der Waals surface area (Å²) < 4.78 is 59.1. The summed E-state index contributed by atoms with van der Waals surface area (Å²) in [5.74, 6) is -0.0711. The number of halogens is 3. The molecule has 0 aliphatic carbocycles. The highest BCUT2D eigenvalue weighted by Crippen LogP contribution is 2.39. The van der Waals surface area contributed by atoms with E-state index in [-0.39, 0.29) is 11.9 Å². The number of hydrogen-bond donors (Lipinski definition) is 0. The number of alkyl halides is 3. The van der Waals surface area contributed by atoms with E-state index in [1.807, 2.05) is 44.2 Å². The molecule has 1 aliphatic heterocycles. The van der Waals surface area contributed by atoms with Crippen LogP contribution in [0.25, 0.3) is 16.6 Å². The molecule has 5 rings (SSSR count). The predicted molar refractivity (Wildman–Crippen MR) is 137 cm³/mol. The smallest absolute Gasteiger partial charge is 0.417 e. The lowest BCUT2D eigenvalue weighted by Gasteiger charge is -2.18. The van der Waals surface area contributed by atoms with Crippen molar-refractivity contribution in [1.82, 2.24) is 4.57 Å². The van der Waals surface area contributed by atoms with Crippen molar-refractivity contribution in [2.45, 2.75) is 38.3 Å².